The number of imidazole rings is 1. The molecule has 170 valence electrons. The van der Waals surface area contributed by atoms with Crippen LogP contribution in [0.4, 0.5) is 16.2 Å². The number of urea groups is 1. The van der Waals surface area contributed by atoms with Gasteiger partial charge in [0.05, 0.1) is 24.2 Å². The van der Waals surface area contributed by atoms with Crippen molar-refractivity contribution < 1.29 is 9.53 Å². The minimum Gasteiger partial charge on any atom is -0.491 e. The molecule has 0 saturated heterocycles. The van der Waals surface area contributed by atoms with E-state index in [1.54, 1.807) is 0 Å². The number of carbonyl (C=O) groups excluding carboxylic acids is 1. The van der Waals surface area contributed by atoms with Crippen LogP contribution in [0.5, 0.6) is 5.75 Å². The van der Waals surface area contributed by atoms with Crippen molar-refractivity contribution in [3.8, 4) is 17.0 Å². The molecule has 7 heteroatoms. The molecule has 0 radical (unpaired) electrons. The van der Waals surface area contributed by atoms with Crippen molar-refractivity contribution in [2.75, 3.05) is 37.5 Å². The third-order valence-electron chi connectivity index (χ3n) is 5.07. The lowest BCUT2D eigenvalue weighted by atomic mass is 10.2. The second-order valence-corrected chi connectivity index (χ2v) is 7.84. The highest BCUT2D eigenvalue weighted by Gasteiger charge is 2.14. The maximum atomic E-state index is 12.3. The SMILES string of the molecule is CCCCNC(=O)Nc1c(OCCCc2ncc(-c3ccccc3)[nH]2)cccc1N(C)C. The molecule has 3 aromatic rings. The van der Waals surface area contributed by atoms with Gasteiger partial charge in [-0.05, 0) is 30.5 Å². The van der Waals surface area contributed by atoms with Crippen molar-refractivity contribution in [2.24, 2.45) is 0 Å². The fourth-order valence-corrected chi connectivity index (χ4v) is 3.35. The van der Waals surface area contributed by atoms with Gasteiger partial charge in [0.15, 0.2) is 0 Å². The van der Waals surface area contributed by atoms with Gasteiger partial charge >= 0.3 is 6.03 Å². The van der Waals surface area contributed by atoms with Crippen LogP contribution in [0.25, 0.3) is 11.3 Å². The molecule has 3 N–H and O–H groups in total. The zero-order valence-corrected chi connectivity index (χ0v) is 19.1. The normalized spacial score (nSPS) is 10.6. The Morgan fingerprint density at radius 3 is 2.66 bits per heavy atom. The van der Waals surface area contributed by atoms with E-state index in [1.165, 1.54) is 0 Å². The number of nitrogens with zero attached hydrogens (tertiary/aromatic N) is 2. The number of rotatable bonds is 11. The second-order valence-electron chi connectivity index (χ2n) is 7.84. The van der Waals surface area contributed by atoms with E-state index in [1.807, 2.05) is 61.6 Å². The monoisotopic (exact) mass is 435 g/mol. The van der Waals surface area contributed by atoms with Crippen LogP contribution in [0.15, 0.2) is 54.7 Å². The lowest BCUT2D eigenvalue weighted by molar-refractivity contribution is 0.251. The molecule has 32 heavy (non-hydrogen) atoms. The predicted molar refractivity (Wildman–Crippen MR) is 131 cm³/mol. The fourth-order valence-electron chi connectivity index (χ4n) is 3.35. The van der Waals surface area contributed by atoms with Crippen LogP contribution >= 0.6 is 0 Å². The van der Waals surface area contributed by atoms with Gasteiger partial charge in [-0.1, -0.05) is 49.7 Å². The molecule has 0 spiro atoms. The number of H-pyrrole nitrogens is 1. The van der Waals surface area contributed by atoms with Gasteiger partial charge in [0.2, 0.25) is 0 Å². The first-order valence-electron chi connectivity index (χ1n) is 11.2. The minimum atomic E-state index is -0.221. The quantitative estimate of drug-likeness (QED) is 0.367. The van der Waals surface area contributed by atoms with Gasteiger partial charge in [-0.25, -0.2) is 9.78 Å². The number of anilines is 2. The van der Waals surface area contributed by atoms with Crippen LogP contribution in [0, 0.1) is 0 Å². The predicted octanol–water partition coefficient (Wildman–Crippen LogP) is 5.08. The topological polar surface area (TPSA) is 82.3 Å². The van der Waals surface area contributed by atoms with Crippen molar-refractivity contribution in [3.05, 3.63) is 60.6 Å². The Labute approximate surface area is 190 Å². The standard InChI is InChI=1S/C25H33N5O2/c1-4-5-16-26-25(31)29-24-21(30(2)3)13-9-14-22(24)32-17-10-15-23-27-18-20(28-23)19-11-7-6-8-12-19/h6-9,11-14,18H,4-5,10,15-17H2,1-3H3,(H,27,28)(H2,26,29,31). The fraction of sp³-hybridized carbons (Fsp3) is 0.360. The van der Waals surface area contributed by atoms with Gasteiger partial charge in [-0.2, -0.15) is 0 Å². The summed E-state index contributed by atoms with van der Waals surface area (Å²) < 4.78 is 6.06. The molecule has 0 aliphatic carbocycles. The molecule has 2 aromatic carbocycles. The molecule has 0 saturated carbocycles. The zero-order chi connectivity index (χ0) is 22.8. The zero-order valence-electron chi connectivity index (χ0n) is 19.1. The van der Waals surface area contributed by atoms with Crippen molar-refractivity contribution in [1.29, 1.82) is 0 Å². The summed E-state index contributed by atoms with van der Waals surface area (Å²) in [5, 5.41) is 5.86. The Morgan fingerprint density at radius 1 is 1.09 bits per heavy atom. The maximum absolute atomic E-state index is 12.3. The molecule has 0 aliphatic rings. The van der Waals surface area contributed by atoms with E-state index in [0.717, 1.165) is 48.5 Å². The van der Waals surface area contributed by atoms with Gasteiger partial charge in [0, 0.05) is 27.1 Å². The molecular formula is C25H33N5O2. The Kier molecular flexibility index (Phi) is 8.54. The van der Waals surface area contributed by atoms with Crippen LogP contribution in [0.1, 0.15) is 32.0 Å². The highest BCUT2D eigenvalue weighted by atomic mass is 16.5. The van der Waals surface area contributed by atoms with Crippen LogP contribution in [-0.4, -0.2) is 43.2 Å². The smallest absolute Gasteiger partial charge is 0.319 e. The average molecular weight is 436 g/mol. The Bertz CT molecular complexity index is 985. The molecule has 0 atom stereocenters. The number of carbonyl (C=O) groups is 1. The van der Waals surface area contributed by atoms with E-state index < -0.39 is 0 Å². The van der Waals surface area contributed by atoms with Gasteiger partial charge in [0.1, 0.15) is 17.3 Å². The number of unbranched alkanes of at least 4 members (excludes halogenated alkanes) is 1. The number of amides is 2. The summed E-state index contributed by atoms with van der Waals surface area (Å²) in [5.74, 6) is 1.59. The van der Waals surface area contributed by atoms with E-state index in [4.69, 9.17) is 4.74 Å². The number of aromatic amines is 1. The molecule has 0 unspecified atom stereocenters. The van der Waals surface area contributed by atoms with E-state index in [0.29, 0.717) is 24.6 Å². The van der Waals surface area contributed by atoms with E-state index in [-0.39, 0.29) is 6.03 Å². The number of ether oxygens (including phenoxy) is 1. The number of benzene rings is 2. The number of para-hydroxylation sites is 1. The molecule has 0 fully saturated rings. The lowest BCUT2D eigenvalue weighted by Crippen LogP contribution is -2.30. The summed E-state index contributed by atoms with van der Waals surface area (Å²) >= 11 is 0. The largest absolute Gasteiger partial charge is 0.491 e. The first kappa shape index (κ1) is 23.2. The first-order valence-corrected chi connectivity index (χ1v) is 11.2. The number of aryl methyl sites for hydroxylation is 1. The van der Waals surface area contributed by atoms with Gasteiger partial charge in [-0.3, -0.25) is 0 Å². The molecule has 7 nitrogen and oxygen atoms in total. The maximum Gasteiger partial charge on any atom is 0.319 e. The molecule has 3 rings (SSSR count). The highest BCUT2D eigenvalue weighted by Crippen LogP contribution is 2.34. The van der Waals surface area contributed by atoms with Gasteiger partial charge in [-0.15, -0.1) is 0 Å². The van der Waals surface area contributed by atoms with E-state index in [9.17, 15) is 4.79 Å². The molecule has 1 aromatic heterocycles. The van der Waals surface area contributed by atoms with Crippen molar-refractivity contribution in [1.82, 2.24) is 15.3 Å². The number of hydrogen-bond acceptors (Lipinski definition) is 4. The Hall–Kier alpha value is -3.48. The Balaban J connectivity index is 1.58. The number of hydrogen-bond donors (Lipinski definition) is 3. The second kappa shape index (κ2) is 11.8. The molecule has 0 bridgehead atoms. The lowest BCUT2D eigenvalue weighted by Gasteiger charge is -2.21. The average Bonchev–Trinajstić information content (AvgIpc) is 3.27. The van der Waals surface area contributed by atoms with Crippen LogP contribution in [-0.2, 0) is 6.42 Å². The third-order valence-corrected chi connectivity index (χ3v) is 5.07. The van der Waals surface area contributed by atoms with Crippen molar-refractivity contribution in [2.45, 2.75) is 32.6 Å². The summed E-state index contributed by atoms with van der Waals surface area (Å²) in [4.78, 5) is 22.2. The van der Waals surface area contributed by atoms with Gasteiger partial charge in [0.25, 0.3) is 0 Å². The summed E-state index contributed by atoms with van der Waals surface area (Å²) in [6.45, 7) is 3.26. The third kappa shape index (κ3) is 6.51. The minimum absolute atomic E-state index is 0.221. The van der Waals surface area contributed by atoms with E-state index >= 15 is 0 Å². The van der Waals surface area contributed by atoms with E-state index in [2.05, 4.69) is 39.7 Å². The van der Waals surface area contributed by atoms with Gasteiger partial charge < -0.3 is 25.3 Å². The van der Waals surface area contributed by atoms with Crippen LogP contribution < -0.4 is 20.3 Å². The molecule has 1 heterocycles. The summed E-state index contributed by atoms with van der Waals surface area (Å²) in [6, 6.07) is 15.7. The first-order chi connectivity index (χ1) is 15.6. The molecule has 0 aliphatic heterocycles. The number of aromatic nitrogens is 2. The molecule has 2 amide bonds. The summed E-state index contributed by atoms with van der Waals surface area (Å²) in [7, 11) is 3.89. The molecular weight excluding hydrogens is 402 g/mol. The van der Waals surface area contributed by atoms with Crippen LogP contribution in [0.2, 0.25) is 0 Å². The Morgan fingerprint density at radius 2 is 1.91 bits per heavy atom. The van der Waals surface area contributed by atoms with Crippen molar-refractivity contribution in [3.63, 3.8) is 0 Å². The highest BCUT2D eigenvalue weighted by molar-refractivity contribution is 5.95. The van der Waals surface area contributed by atoms with Crippen LogP contribution in [0.3, 0.4) is 0 Å². The summed E-state index contributed by atoms with van der Waals surface area (Å²) in [5.41, 5.74) is 3.71. The summed E-state index contributed by atoms with van der Waals surface area (Å²) in [6.07, 6.45) is 5.43. The number of nitrogens with one attached hydrogen (secondary N) is 3. The van der Waals surface area contributed by atoms with Crippen molar-refractivity contribution >= 4 is 17.4 Å².